The first kappa shape index (κ1) is 28.2. The van der Waals surface area contributed by atoms with Crippen molar-refractivity contribution in [1.29, 1.82) is 0 Å². The average Bonchev–Trinajstić information content (AvgIpc) is 3.50. The highest BCUT2D eigenvalue weighted by atomic mass is 79.9. The minimum Gasteiger partial charge on any atom is -0.396 e. The number of nitrogens with one attached hydrogen (secondary N) is 2. The Morgan fingerprint density at radius 2 is 1.79 bits per heavy atom. The quantitative estimate of drug-likeness (QED) is 0.261. The van der Waals surface area contributed by atoms with Gasteiger partial charge in [-0.15, -0.1) is 11.8 Å². The van der Waals surface area contributed by atoms with Crippen LogP contribution in [0.1, 0.15) is 43.2 Å². The molecule has 208 valence electrons. The molecule has 9 heteroatoms. The summed E-state index contributed by atoms with van der Waals surface area (Å²) in [6.07, 6.45) is 3.85. The first-order valence-electron chi connectivity index (χ1n) is 13.7. The van der Waals surface area contributed by atoms with E-state index >= 15 is 0 Å². The molecule has 0 saturated carbocycles. The van der Waals surface area contributed by atoms with Crippen LogP contribution in [0.5, 0.6) is 0 Å². The number of hydrogen-bond acceptors (Lipinski definition) is 5. The van der Waals surface area contributed by atoms with Crippen molar-refractivity contribution < 1.29 is 19.5 Å². The largest absolute Gasteiger partial charge is 0.396 e. The summed E-state index contributed by atoms with van der Waals surface area (Å²) < 4.78 is -0.679. The molecule has 0 aliphatic carbocycles. The van der Waals surface area contributed by atoms with Crippen LogP contribution in [0, 0.1) is 25.7 Å². The summed E-state index contributed by atoms with van der Waals surface area (Å²) in [6.45, 7) is 4.56. The summed E-state index contributed by atoms with van der Waals surface area (Å²) in [5.41, 5.74) is 3.46. The molecule has 2 aromatic rings. The first-order chi connectivity index (χ1) is 18.8. The molecule has 3 fully saturated rings. The number of unbranched alkanes of at least 4 members (excludes halogenated alkanes) is 3. The van der Waals surface area contributed by atoms with Crippen molar-refractivity contribution in [2.24, 2.45) is 11.8 Å². The molecule has 0 radical (unpaired) electrons. The maximum atomic E-state index is 14.2. The molecule has 3 unspecified atom stereocenters. The Morgan fingerprint density at radius 3 is 2.54 bits per heavy atom. The van der Waals surface area contributed by atoms with Gasteiger partial charge in [-0.2, -0.15) is 0 Å². The number of fused-ring (bicyclic) bond motifs is 1. The number of anilines is 2. The Kier molecular flexibility index (Phi) is 8.40. The van der Waals surface area contributed by atoms with Crippen molar-refractivity contribution in [2.75, 3.05) is 23.8 Å². The lowest BCUT2D eigenvalue weighted by Crippen LogP contribution is -2.52. The van der Waals surface area contributed by atoms with E-state index in [0.29, 0.717) is 18.7 Å². The van der Waals surface area contributed by atoms with E-state index in [1.807, 2.05) is 62.4 Å². The second kappa shape index (κ2) is 11.6. The SMILES string of the molecule is Cc1ccc(C)c(NC(=O)C2N(CCCCCCO)C(=O)[C@@H]3[C@@H](C(=O)Nc4ccccc4)[C@@H]4SC23CC4Br)c1. The summed E-state index contributed by atoms with van der Waals surface area (Å²) >= 11 is 5.47. The fourth-order valence-corrected chi connectivity index (χ4v) is 10.1. The van der Waals surface area contributed by atoms with Crippen molar-refractivity contribution in [3.8, 4) is 0 Å². The van der Waals surface area contributed by atoms with Gasteiger partial charge in [-0.25, -0.2) is 0 Å². The number of nitrogens with zero attached hydrogens (tertiary/aromatic N) is 1. The molecule has 7 nitrogen and oxygen atoms in total. The molecule has 2 bridgehead atoms. The number of thioether (sulfide) groups is 1. The van der Waals surface area contributed by atoms with Crippen LogP contribution >= 0.6 is 27.7 Å². The van der Waals surface area contributed by atoms with Gasteiger partial charge >= 0.3 is 0 Å². The van der Waals surface area contributed by atoms with Gasteiger partial charge in [0, 0.05) is 34.6 Å². The highest BCUT2D eigenvalue weighted by Gasteiger charge is 2.75. The summed E-state index contributed by atoms with van der Waals surface area (Å²) in [4.78, 5) is 43.7. The van der Waals surface area contributed by atoms with Crippen LogP contribution in [0.3, 0.4) is 0 Å². The fraction of sp³-hybridized carbons (Fsp3) is 0.500. The Labute approximate surface area is 242 Å². The van der Waals surface area contributed by atoms with Gasteiger partial charge in [-0.1, -0.05) is 59.1 Å². The topological polar surface area (TPSA) is 98.7 Å². The average molecular weight is 615 g/mol. The lowest BCUT2D eigenvalue weighted by molar-refractivity contribution is -0.138. The molecule has 6 atom stereocenters. The van der Waals surface area contributed by atoms with Crippen LogP contribution in [0.2, 0.25) is 0 Å². The lowest BCUT2D eigenvalue weighted by atomic mass is 9.70. The van der Waals surface area contributed by atoms with Gasteiger partial charge in [-0.05, 0) is 62.4 Å². The molecule has 5 rings (SSSR count). The molecular weight excluding hydrogens is 578 g/mol. The normalized spacial score (nSPS) is 29.0. The zero-order chi connectivity index (χ0) is 27.7. The number of carbonyl (C=O) groups excluding carboxylic acids is 3. The van der Waals surface area contributed by atoms with Crippen LogP contribution in [-0.2, 0) is 14.4 Å². The second-order valence-electron chi connectivity index (χ2n) is 11.0. The molecule has 3 N–H and O–H groups in total. The van der Waals surface area contributed by atoms with E-state index in [1.165, 1.54) is 0 Å². The van der Waals surface area contributed by atoms with Crippen molar-refractivity contribution >= 4 is 56.8 Å². The van der Waals surface area contributed by atoms with E-state index in [2.05, 4.69) is 26.6 Å². The number of amides is 3. The van der Waals surface area contributed by atoms with E-state index in [4.69, 9.17) is 5.11 Å². The number of alkyl halides is 1. The monoisotopic (exact) mass is 613 g/mol. The number of aliphatic hydroxyl groups is 1. The third kappa shape index (κ3) is 5.25. The molecule has 3 heterocycles. The van der Waals surface area contributed by atoms with Crippen molar-refractivity contribution in [2.45, 2.75) is 66.8 Å². The number of likely N-dealkylation sites (tertiary alicyclic amines) is 1. The van der Waals surface area contributed by atoms with Gasteiger partial charge in [0.1, 0.15) is 6.04 Å². The Balaban J connectivity index is 1.46. The molecule has 3 aliphatic heterocycles. The third-order valence-electron chi connectivity index (χ3n) is 8.34. The highest BCUT2D eigenvalue weighted by molar-refractivity contribution is 9.09. The molecule has 3 amide bonds. The molecular formula is C30H36BrN3O4S. The minimum absolute atomic E-state index is 0.0265. The van der Waals surface area contributed by atoms with Crippen molar-refractivity contribution in [1.82, 2.24) is 4.90 Å². The fourth-order valence-electron chi connectivity index (χ4n) is 6.54. The summed E-state index contributed by atoms with van der Waals surface area (Å²) in [5.74, 6) is -1.54. The van der Waals surface area contributed by atoms with Crippen LogP contribution in [0.25, 0.3) is 0 Å². The van der Waals surface area contributed by atoms with E-state index in [1.54, 1.807) is 16.7 Å². The van der Waals surface area contributed by atoms with Gasteiger partial charge in [-0.3, -0.25) is 14.4 Å². The number of hydrogen-bond donors (Lipinski definition) is 3. The van der Waals surface area contributed by atoms with Gasteiger partial charge < -0.3 is 20.6 Å². The molecule has 39 heavy (non-hydrogen) atoms. The van der Waals surface area contributed by atoms with Crippen molar-refractivity contribution in [3.05, 3.63) is 59.7 Å². The number of benzene rings is 2. The van der Waals surface area contributed by atoms with Gasteiger partial charge in [0.2, 0.25) is 17.7 Å². The molecule has 1 spiro atoms. The maximum absolute atomic E-state index is 14.2. The molecule has 3 saturated heterocycles. The summed E-state index contributed by atoms with van der Waals surface area (Å²) in [6, 6.07) is 14.6. The van der Waals surface area contributed by atoms with Gasteiger partial charge in [0.05, 0.1) is 16.6 Å². The smallest absolute Gasteiger partial charge is 0.248 e. The Morgan fingerprint density at radius 1 is 1.05 bits per heavy atom. The second-order valence-corrected chi connectivity index (χ2v) is 13.7. The van der Waals surface area contributed by atoms with Crippen molar-refractivity contribution in [3.63, 3.8) is 0 Å². The number of aliphatic hydroxyl groups excluding tert-OH is 1. The van der Waals surface area contributed by atoms with Crippen LogP contribution in [-0.4, -0.2) is 61.7 Å². The molecule has 3 aliphatic rings. The first-order valence-corrected chi connectivity index (χ1v) is 15.5. The van der Waals surface area contributed by atoms with E-state index in [0.717, 1.165) is 42.5 Å². The molecule has 0 aromatic heterocycles. The standard InChI is InChI=1S/C30H36BrN3O4S/c1-18-12-13-19(2)22(16-18)33-28(37)26-30-17-21(31)25(39-30)23(27(36)32-20-10-6-5-7-11-20)24(30)29(38)34(26)14-8-3-4-9-15-35/h5-7,10-13,16,21,23-26,35H,3-4,8-9,14-15,17H2,1-2H3,(H,32,36)(H,33,37)/t21?,23-,24+,25-,26?,30?/m1/s1. The number of aryl methyl sites for hydroxylation is 2. The van der Waals surface area contributed by atoms with Gasteiger partial charge in [0.25, 0.3) is 0 Å². The zero-order valence-corrected chi connectivity index (χ0v) is 24.8. The number of rotatable bonds is 10. The number of para-hydroxylation sites is 1. The summed E-state index contributed by atoms with van der Waals surface area (Å²) in [7, 11) is 0. The molecule has 2 aromatic carbocycles. The highest BCUT2D eigenvalue weighted by Crippen LogP contribution is 2.67. The predicted molar refractivity (Wildman–Crippen MR) is 159 cm³/mol. The van der Waals surface area contributed by atoms with Crippen LogP contribution in [0.15, 0.2) is 48.5 Å². The van der Waals surface area contributed by atoms with Gasteiger partial charge in [0.15, 0.2) is 0 Å². The van der Waals surface area contributed by atoms with Crippen LogP contribution < -0.4 is 10.6 Å². The lowest BCUT2D eigenvalue weighted by Gasteiger charge is -2.35. The number of carbonyl (C=O) groups is 3. The van der Waals surface area contributed by atoms with E-state index in [-0.39, 0.29) is 34.4 Å². The predicted octanol–water partition coefficient (Wildman–Crippen LogP) is 4.90. The van der Waals surface area contributed by atoms with E-state index in [9.17, 15) is 14.4 Å². The zero-order valence-electron chi connectivity index (χ0n) is 22.4. The number of halogens is 1. The summed E-state index contributed by atoms with van der Waals surface area (Å²) in [5, 5.41) is 15.2. The Hall–Kier alpha value is -2.36. The maximum Gasteiger partial charge on any atom is 0.248 e. The van der Waals surface area contributed by atoms with E-state index < -0.39 is 22.6 Å². The third-order valence-corrected chi connectivity index (χ3v) is 11.6. The van der Waals surface area contributed by atoms with Crippen LogP contribution in [0.4, 0.5) is 11.4 Å². The Bertz CT molecular complexity index is 1240. The minimum atomic E-state index is -0.679.